The van der Waals surface area contributed by atoms with E-state index in [-0.39, 0.29) is 17.4 Å². The normalized spacial score (nSPS) is 24.4. The van der Waals surface area contributed by atoms with Crippen molar-refractivity contribution in [1.82, 2.24) is 10.2 Å². The van der Waals surface area contributed by atoms with E-state index in [1.807, 2.05) is 24.3 Å². The molecule has 1 aromatic carbocycles. The van der Waals surface area contributed by atoms with Gasteiger partial charge in [0.1, 0.15) is 5.75 Å². The highest BCUT2D eigenvalue weighted by atomic mass is 16.6. The molecule has 0 bridgehead atoms. The zero-order valence-corrected chi connectivity index (χ0v) is 15.1. The van der Waals surface area contributed by atoms with Gasteiger partial charge in [0.2, 0.25) is 5.91 Å². The lowest BCUT2D eigenvalue weighted by Crippen LogP contribution is -2.45. The van der Waals surface area contributed by atoms with Crippen LogP contribution < -0.4 is 10.1 Å². The van der Waals surface area contributed by atoms with Crippen LogP contribution in [0.3, 0.4) is 0 Å². The zero-order chi connectivity index (χ0) is 18.1. The lowest BCUT2D eigenvalue weighted by atomic mass is 9.87. The van der Waals surface area contributed by atoms with Crippen molar-refractivity contribution in [1.29, 1.82) is 0 Å². The van der Waals surface area contributed by atoms with Crippen LogP contribution in [0.2, 0.25) is 0 Å². The Labute approximate surface area is 148 Å². The van der Waals surface area contributed by atoms with E-state index in [9.17, 15) is 9.59 Å². The van der Waals surface area contributed by atoms with E-state index in [2.05, 4.69) is 19.2 Å². The fourth-order valence-electron chi connectivity index (χ4n) is 3.76. The second-order valence-corrected chi connectivity index (χ2v) is 7.41. The predicted octanol–water partition coefficient (Wildman–Crippen LogP) is 2.32. The van der Waals surface area contributed by atoms with Crippen LogP contribution in [0.4, 0.5) is 4.79 Å². The molecular weight excluding hydrogens is 320 g/mol. The first kappa shape index (κ1) is 17.6. The molecule has 1 N–H and O–H groups in total. The summed E-state index contributed by atoms with van der Waals surface area (Å²) in [4.78, 5) is 26.2. The fraction of sp³-hybridized carbons (Fsp3) is 0.579. The number of ether oxygens (including phenoxy) is 2. The van der Waals surface area contributed by atoms with Crippen molar-refractivity contribution in [2.45, 2.75) is 32.1 Å². The van der Waals surface area contributed by atoms with Crippen molar-refractivity contribution >= 4 is 12.0 Å². The van der Waals surface area contributed by atoms with Crippen molar-refractivity contribution in [2.24, 2.45) is 5.41 Å². The van der Waals surface area contributed by atoms with Gasteiger partial charge < -0.3 is 19.7 Å². The summed E-state index contributed by atoms with van der Waals surface area (Å²) in [6.07, 6.45) is 1.35. The highest BCUT2D eigenvalue weighted by Crippen LogP contribution is 2.64. The van der Waals surface area contributed by atoms with Crippen molar-refractivity contribution in [2.75, 3.05) is 33.4 Å². The largest absolute Gasteiger partial charge is 0.497 e. The van der Waals surface area contributed by atoms with Crippen molar-refractivity contribution < 1.29 is 19.1 Å². The summed E-state index contributed by atoms with van der Waals surface area (Å²) in [5, 5.41) is 3.02. The molecule has 1 aliphatic heterocycles. The van der Waals surface area contributed by atoms with E-state index in [0.29, 0.717) is 26.2 Å². The van der Waals surface area contributed by atoms with Gasteiger partial charge >= 0.3 is 6.09 Å². The smallest absolute Gasteiger partial charge is 0.409 e. The number of carbonyl (C=O) groups is 2. The maximum Gasteiger partial charge on any atom is 0.409 e. The molecule has 1 aliphatic carbocycles. The third-order valence-electron chi connectivity index (χ3n) is 5.43. The van der Waals surface area contributed by atoms with Gasteiger partial charge in [-0.15, -0.1) is 0 Å². The monoisotopic (exact) mass is 346 g/mol. The Morgan fingerprint density at radius 2 is 2.00 bits per heavy atom. The number of nitrogens with one attached hydrogen (secondary N) is 1. The maximum absolute atomic E-state index is 12.9. The molecule has 1 saturated heterocycles. The molecule has 1 saturated carbocycles. The molecule has 6 heteroatoms. The van der Waals surface area contributed by atoms with Crippen LogP contribution in [0.25, 0.3) is 0 Å². The van der Waals surface area contributed by atoms with Gasteiger partial charge in [-0.25, -0.2) is 4.79 Å². The number of nitrogens with zero attached hydrogens (tertiary/aromatic N) is 1. The van der Waals surface area contributed by atoms with E-state index >= 15 is 0 Å². The van der Waals surface area contributed by atoms with Crippen molar-refractivity contribution in [3.05, 3.63) is 29.8 Å². The molecule has 2 amide bonds. The Balaban J connectivity index is 1.64. The van der Waals surface area contributed by atoms with Gasteiger partial charge in [-0.3, -0.25) is 4.79 Å². The van der Waals surface area contributed by atoms with E-state index in [0.717, 1.165) is 24.2 Å². The molecule has 25 heavy (non-hydrogen) atoms. The van der Waals surface area contributed by atoms with Gasteiger partial charge in [0.15, 0.2) is 0 Å². The van der Waals surface area contributed by atoms with Crippen molar-refractivity contribution in [3.63, 3.8) is 0 Å². The van der Waals surface area contributed by atoms with E-state index in [1.165, 1.54) is 0 Å². The topological polar surface area (TPSA) is 67.9 Å². The fourth-order valence-corrected chi connectivity index (χ4v) is 3.76. The van der Waals surface area contributed by atoms with E-state index in [1.54, 1.807) is 12.0 Å². The van der Waals surface area contributed by atoms with Crippen LogP contribution in [-0.2, 0) is 14.9 Å². The molecule has 0 radical (unpaired) electrons. The van der Waals surface area contributed by atoms with Crippen LogP contribution in [0.1, 0.15) is 32.3 Å². The second-order valence-electron chi connectivity index (χ2n) is 7.41. The third kappa shape index (κ3) is 3.17. The van der Waals surface area contributed by atoms with Crippen molar-refractivity contribution in [3.8, 4) is 5.75 Å². The first-order valence-corrected chi connectivity index (χ1v) is 8.75. The molecular formula is C19H26N2O4. The van der Waals surface area contributed by atoms with Crippen LogP contribution >= 0.6 is 0 Å². The summed E-state index contributed by atoms with van der Waals surface area (Å²) in [7, 11) is 1.63. The number of methoxy groups -OCH3 is 1. The summed E-state index contributed by atoms with van der Waals surface area (Å²) in [5.74, 6) is 0.800. The number of hydrogen-bond donors (Lipinski definition) is 1. The Hall–Kier alpha value is -2.24. The minimum Gasteiger partial charge on any atom is -0.497 e. The average Bonchev–Trinajstić information content (AvgIpc) is 3.20. The lowest BCUT2D eigenvalue weighted by Gasteiger charge is -2.27. The number of cyclic esters (lactones) is 1. The maximum atomic E-state index is 12.9. The summed E-state index contributed by atoms with van der Waals surface area (Å²) < 4.78 is 10.2. The van der Waals surface area contributed by atoms with Crippen LogP contribution in [0, 0.1) is 5.41 Å². The van der Waals surface area contributed by atoms with Gasteiger partial charge in [0, 0.05) is 19.6 Å². The molecule has 1 heterocycles. The Kier molecular flexibility index (Phi) is 4.62. The molecule has 136 valence electrons. The van der Waals surface area contributed by atoms with E-state index in [4.69, 9.17) is 9.47 Å². The molecule has 0 unspecified atom stereocenters. The quantitative estimate of drug-likeness (QED) is 0.858. The van der Waals surface area contributed by atoms with Crippen LogP contribution in [0.5, 0.6) is 5.75 Å². The molecule has 0 spiro atoms. The van der Waals surface area contributed by atoms with Crippen LogP contribution in [-0.4, -0.2) is 50.3 Å². The molecule has 3 rings (SSSR count). The van der Waals surface area contributed by atoms with Gasteiger partial charge in [-0.1, -0.05) is 26.0 Å². The Morgan fingerprint density at radius 3 is 2.56 bits per heavy atom. The molecule has 0 aromatic heterocycles. The molecule has 1 aromatic rings. The number of benzene rings is 1. The minimum atomic E-state index is -0.512. The summed E-state index contributed by atoms with van der Waals surface area (Å²) in [6, 6.07) is 7.72. The van der Waals surface area contributed by atoms with Crippen LogP contribution in [0.15, 0.2) is 24.3 Å². The SMILES string of the molecule is COc1ccc([C@]2(C(=O)NCCN3CCCOC3=O)CC2(C)C)cc1. The summed E-state index contributed by atoms with van der Waals surface area (Å²) in [6.45, 7) is 6.30. The standard InChI is InChI=1S/C19H26N2O4/c1-18(2)13-19(18,14-5-7-15(24-3)8-6-14)16(22)20-9-11-21-10-4-12-25-17(21)23/h5-8H,4,9-13H2,1-3H3,(H,20,22)/t19-/m0/s1. The number of carbonyl (C=O) groups excluding carboxylic acids is 2. The third-order valence-corrected chi connectivity index (χ3v) is 5.43. The average molecular weight is 346 g/mol. The molecule has 2 aliphatic rings. The number of amides is 2. The molecule has 1 atom stereocenters. The summed E-state index contributed by atoms with van der Waals surface area (Å²) >= 11 is 0. The van der Waals surface area contributed by atoms with Gasteiger partial charge in [0.25, 0.3) is 0 Å². The molecule has 2 fully saturated rings. The second kappa shape index (κ2) is 6.58. The Bertz CT molecular complexity index is 656. The summed E-state index contributed by atoms with van der Waals surface area (Å²) in [5.41, 5.74) is 0.408. The first-order chi connectivity index (χ1) is 11.9. The van der Waals surface area contributed by atoms with Gasteiger partial charge in [-0.05, 0) is 36.0 Å². The highest BCUT2D eigenvalue weighted by molar-refractivity contribution is 5.93. The zero-order valence-electron chi connectivity index (χ0n) is 15.1. The lowest BCUT2D eigenvalue weighted by molar-refractivity contribution is -0.124. The van der Waals surface area contributed by atoms with Gasteiger partial charge in [-0.2, -0.15) is 0 Å². The number of rotatable bonds is 6. The van der Waals surface area contributed by atoms with Gasteiger partial charge in [0.05, 0.1) is 19.1 Å². The number of hydrogen-bond acceptors (Lipinski definition) is 4. The Morgan fingerprint density at radius 1 is 1.32 bits per heavy atom. The minimum absolute atomic E-state index is 0.0213. The van der Waals surface area contributed by atoms with E-state index < -0.39 is 5.41 Å². The highest BCUT2D eigenvalue weighted by Gasteiger charge is 2.66. The predicted molar refractivity (Wildman–Crippen MR) is 93.6 cm³/mol. The molecule has 6 nitrogen and oxygen atoms in total. The first-order valence-electron chi connectivity index (χ1n) is 8.75.